The lowest BCUT2D eigenvalue weighted by Gasteiger charge is -2.33. The lowest BCUT2D eigenvalue weighted by molar-refractivity contribution is -0.144. The van der Waals surface area contributed by atoms with Crippen molar-refractivity contribution in [2.45, 2.75) is 0 Å². The van der Waals surface area contributed by atoms with Gasteiger partial charge in [-0.2, -0.15) is 0 Å². The van der Waals surface area contributed by atoms with E-state index in [0.717, 1.165) is 0 Å². The van der Waals surface area contributed by atoms with E-state index in [1.165, 1.54) is 42.5 Å². The second-order valence-electron chi connectivity index (χ2n) is 6.08. The fourth-order valence-electron chi connectivity index (χ4n) is 2.80. The molecule has 3 rings (SSSR count). The van der Waals surface area contributed by atoms with Crippen LogP contribution in [0.2, 0.25) is 0 Å². The SMILES string of the molecule is COC(=O)c1ccc(NC(=O)C(=O)N2CCN(C(=O)c3ccco3)CC2)cc1. The van der Waals surface area contributed by atoms with Gasteiger partial charge < -0.3 is 24.3 Å². The van der Waals surface area contributed by atoms with Crippen molar-refractivity contribution in [1.29, 1.82) is 0 Å². The molecule has 1 aromatic heterocycles. The standard InChI is InChI=1S/C19H19N3O6/c1-27-19(26)13-4-6-14(7-5-13)20-16(23)18(25)22-10-8-21(9-11-22)17(24)15-3-2-12-28-15/h2-7,12H,8-11H2,1H3,(H,20,23). The molecule has 2 aromatic rings. The second-order valence-corrected chi connectivity index (χ2v) is 6.08. The van der Waals surface area contributed by atoms with Gasteiger partial charge in [0, 0.05) is 31.9 Å². The van der Waals surface area contributed by atoms with Crippen LogP contribution < -0.4 is 5.32 Å². The van der Waals surface area contributed by atoms with Gasteiger partial charge in [0.05, 0.1) is 18.9 Å². The van der Waals surface area contributed by atoms with Gasteiger partial charge in [0.25, 0.3) is 5.91 Å². The van der Waals surface area contributed by atoms with E-state index in [2.05, 4.69) is 10.1 Å². The lowest BCUT2D eigenvalue weighted by atomic mass is 10.2. The van der Waals surface area contributed by atoms with Crippen LogP contribution in [0.1, 0.15) is 20.9 Å². The number of anilines is 1. The van der Waals surface area contributed by atoms with Crippen LogP contribution in [-0.4, -0.2) is 66.8 Å². The van der Waals surface area contributed by atoms with Crippen LogP contribution >= 0.6 is 0 Å². The molecule has 0 bridgehead atoms. The maximum Gasteiger partial charge on any atom is 0.337 e. The number of rotatable bonds is 3. The van der Waals surface area contributed by atoms with Crippen molar-refractivity contribution in [3.05, 3.63) is 54.0 Å². The highest BCUT2D eigenvalue weighted by molar-refractivity contribution is 6.39. The Kier molecular flexibility index (Phi) is 5.73. The number of furan rings is 1. The zero-order chi connectivity index (χ0) is 20.1. The van der Waals surface area contributed by atoms with E-state index in [9.17, 15) is 19.2 Å². The lowest BCUT2D eigenvalue weighted by Crippen LogP contribution is -2.52. The molecule has 1 aliphatic heterocycles. The summed E-state index contributed by atoms with van der Waals surface area (Å²) in [5, 5.41) is 2.50. The third-order valence-corrected chi connectivity index (χ3v) is 4.34. The Morgan fingerprint density at radius 3 is 2.18 bits per heavy atom. The first-order chi connectivity index (χ1) is 13.5. The van der Waals surface area contributed by atoms with Gasteiger partial charge in [0.1, 0.15) is 0 Å². The fraction of sp³-hybridized carbons (Fsp3) is 0.263. The number of ether oxygens (including phenoxy) is 1. The average molecular weight is 385 g/mol. The second kappa shape index (κ2) is 8.38. The van der Waals surface area contributed by atoms with E-state index in [0.29, 0.717) is 24.3 Å². The van der Waals surface area contributed by atoms with Crippen molar-refractivity contribution >= 4 is 29.4 Å². The molecule has 0 radical (unpaired) electrons. The molecule has 1 N–H and O–H groups in total. The number of methoxy groups -OCH3 is 1. The Morgan fingerprint density at radius 2 is 1.61 bits per heavy atom. The highest BCUT2D eigenvalue weighted by atomic mass is 16.5. The number of benzene rings is 1. The zero-order valence-corrected chi connectivity index (χ0v) is 15.2. The molecule has 0 saturated carbocycles. The largest absolute Gasteiger partial charge is 0.465 e. The van der Waals surface area contributed by atoms with E-state index in [1.807, 2.05) is 0 Å². The molecular formula is C19H19N3O6. The number of amides is 3. The summed E-state index contributed by atoms with van der Waals surface area (Å²) in [7, 11) is 1.28. The van der Waals surface area contributed by atoms with Gasteiger partial charge in [0.15, 0.2) is 5.76 Å². The van der Waals surface area contributed by atoms with Crippen molar-refractivity contribution in [1.82, 2.24) is 9.80 Å². The molecule has 1 aromatic carbocycles. The predicted molar refractivity (Wildman–Crippen MR) is 97.6 cm³/mol. The van der Waals surface area contributed by atoms with Crippen molar-refractivity contribution in [3.63, 3.8) is 0 Å². The topological polar surface area (TPSA) is 109 Å². The van der Waals surface area contributed by atoms with Gasteiger partial charge in [-0.25, -0.2) is 4.79 Å². The Morgan fingerprint density at radius 1 is 0.964 bits per heavy atom. The van der Waals surface area contributed by atoms with Gasteiger partial charge >= 0.3 is 17.8 Å². The van der Waals surface area contributed by atoms with Crippen LogP contribution in [0.5, 0.6) is 0 Å². The summed E-state index contributed by atoms with van der Waals surface area (Å²) in [5.41, 5.74) is 0.724. The Bertz CT molecular complexity index is 868. The summed E-state index contributed by atoms with van der Waals surface area (Å²) in [4.78, 5) is 51.1. The minimum absolute atomic E-state index is 0.243. The Hall–Kier alpha value is -3.62. The summed E-state index contributed by atoms with van der Waals surface area (Å²) in [6.07, 6.45) is 1.43. The van der Waals surface area contributed by atoms with Crippen LogP contribution in [-0.2, 0) is 14.3 Å². The number of hydrogen-bond donors (Lipinski definition) is 1. The van der Waals surface area contributed by atoms with Gasteiger partial charge in [-0.1, -0.05) is 0 Å². The minimum atomic E-state index is -0.781. The van der Waals surface area contributed by atoms with Crippen LogP contribution in [0.3, 0.4) is 0 Å². The van der Waals surface area contributed by atoms with E-state index >= 15 is 0 Å². The van der Waals surface area contributed by atoms with Crippen LogP contribution in [0.25, 0.3) is 0 Å². The third kappa shape index (κ3) is 4.20. The number of nitrogens with one attached hydrogen (secondary N) is 1. The fourth-order valence-corrected chi connectivity index (χ4v) is 2.80. The number of carbonyl (C=O) groups is 4. The van der Waals surface area contributed by atoms with Gasteiger partial charge in [-0.15, -0.1) is 0 Å². The Labute approximate surface area is 160 Å². The van der Waals surface area contributed by atoms with Crippen LogP contribution in [0.15, 0.2) is 47.1 Å². The molecule has 0 atom stereocenters. The molecule has 0 spiro atoms. The normalized spacial score (nSPS) is 13.8. The highest BCUT2D eigenvalue weighted by Crippen LogP contribution is 2.12. The van der Waals surface area contributed by atoms with E-state index in [1.54, 1.807) is 17.0 Å². The first-order valence-electron chi connectivity index (χ1n) is 8.61. The van der Waals surface area contributed by atoms with Crippen molar-refractivity contribution in [2.24, 2.45) is 0 Å². The number of nitrogens with zero attached hydrogens (tertiary/aromatic N) is 2. The highest BCUT2D eigenvalue weighted by Gasteiger charge is 2.29. The van der Waals surface area contributed by atoms with Crippen molar-refractivity contribution in [2.75, 3.05) is 38.6 Å². The number of hydrogen-bond acceptors (Lipinski definition) is 6. The smallest absolute Gasteiger partial charge is 0.337 e. The van der Waals surface area contributed by atoms with Crippen LogP contribution in [0, 0.1) is 0 Å². The minimum Gasteiger partial charge on any atom is -0.465 e. The number of carbonyl (C=O) groups excluding carboxylic acids is 4. The molecule has 0 aliphatic carbocycles. The molecule has 1 saturated heterocycles. The molecule has 1 aliphatic rings. The summed E-state index contributed by atoms with van der Waals surface area (Å²) < 4.78 is 9.70. The molecule has 28 heavy (non-hydrogen) atoms. The number of piperazine rings is 1. The van der Waals surface area contributed by atoms with E-state index in [-0.39, 0.29) is 24.8 Å². The molecule has 9 nitrogen and oxygen atoms in total. The maximum atomic E-state index is 12.3. The molecule has 1 fully saturated rings. The van der Waals surface area contributed by atoms with Crippen LogP contribution in [0.4, 0.5) is 5.69 Å². The van der Waals surface area contributed by atoms with E-state index < -0.39 is 17.8 Å². The first kappa shape index (κ1) is 19.2. The van der Waals surface area contributed by atoms with Crippen molar-refractivity contribution in [3.8, 4) is 0 Å². The van der Waals surface area contributed by atoms with Gasteiger partial charge in [0.2, 0.25) is 0 Å². The summed E-state index contributed by atoms with van der Waals surface area (Å²) in [6.45, 7) is 1.12. The molecule has 146 valence electrons. The summed E-state index contributed by atoms with van der Waals surface area (Å²) in [5.74, 6) is -1.95. The maximum absolute atomic E-state index is 12.3. The molecule has 3 amide bonds. The Balaban J connectivity index is 1.52. The summed E-state index contributed by atoms with van der Waals surface area (Å²) in [6, 6.07) is 9.22. The average Bonchev–Trinajstić information content (AvgIpc) is 3.27. The molecule has 2 heterocycles. The monoisotopic (exact) mass is 385 g/mol. The quantitative estimate of drug-likeness (QED) is 0.623. The number of esters is 1. The summed E-state index contributed by atoms with van der Waals surface area (Å²) >= 11 is 0. The molecule has 0 unspecified atom stereocenters. The van der Waals surface area contributed by atoms with Gasteiger partial charge in [-0.05, 0) is 36.4 Å². The molecule has 9 heteroatoms. The van der Waals surface area contributed by atoms with E-state index in [4.69, 9.17) is 4.42 Å². The van der Waals surface area contributed by atoms with Gasteiger partial charge in [-0.3, -0.25) is 14.4 Å². The third-order valence-electron chi connectivity index (χ3n) is 4.34. The zero-order valence-electron chi connectivity index (χ0n) is 15.2. The van der Waals surface area contributed by atoms with Crippen molar-refractivity contribution < 1.29 is 28.3 Å². The first-order valence-corrected chi connectivity index (χ1v) is 8.61. The molecular weight excluding hydrogens is 366 g/mol. The predicted octanol–water partition coefficient (Wildman–Crippen LogP) is 0.989.